The molecule has 0 spiro atoms. The van der Waals surface area contributed by atoms with E-state index in [1.54, 1.807) is 18.2 Å². The summed E-state index contributed by atoms with van der Waals surface area (Å²) in [6.07, 6.45) is 4.73. The van der Waals surface area contributed by atoms with E-state index in [1.165, 1.54) is 4.90 Å². The van der Waals surface area contributed by atoms with Gasteiger partial charge in [-0.2, -0.15) is 0 Å². The van der Waals surface area contributed by atoms with Gasteiger partial charge in [0, 0.05) is 18.5 Å². The van der Waals surface area contributed by atoms with Crippen molar-refractivity contribution in [1.29, 1.82) is 0 Å². The van der Waals surface area contributed by atoms with Crippen LogP contribution in [-0.2, 0) is 18.9 Å². The predicted molar refractivity (Wildman–Crippen MR) is 180 cm³/mol. The summed E-state index contributed by atoms with van der Waals surface area (Å²) in [5.74, 6) is -1.23. The minimum atomic E-state index is -2.47. The zero-order chi connectivity index (χ0) is 34.1. The van der Waals surface area contributed by atoms with Crippen molar-refractivity contribution in [2.45, 2.75) is 137 Å². The number of cyclic esters (lactones) is 1. The maximum Gasteiger partial charge on any atom is 0.414 e. The summed E-state index contributed by atoms with van der Waals surface area (Å²) < 4.78 is 30.9. The van der Waals surface area contributed by atoms with Crippen molar-refractivity contribution in [3.05, 3.63) is 41.5 Å². The highest BCUT2D eigenvalue weighted by molar-refractivity contribution is 6.74. The molecule has 10 heteroatoms. The molecule has 1 amide bonds. The number of carbonyl (C=O) groups is 2. The number of aliphatic hydroxyl groups excluding tert-OH is 1. The van der Waals surface area contributed by atoms with Gasteiger partial charge in [0.1, 0.15) is 35.2 Å². The number of amides is 1. The van der Waals surface area contributed by atoms with Gasteiger partial charge < -0.3 is 28.5 Å². The van der Waals surface area contributed by atoms with Crippen LogP contribution in [0.25, 0.3) is 6.08 Å². The molecule has 5 atom stereocenters. The van der Waals surface area contributed by atoms with Crippen molar-refractivity contribution >= 4 is 32.1 Å². The first-order valence-electron chi connectivity index (χ1n) is 16.0. The van der Waals surface area contributed by atoms with Gasteiger partial charge in [0.05, 0.1) is 11.8 Å². The van der Waals surface area contributed by atoms with Gasteiger partial charge in [-0.05, 0) is 84.6 Å². The number of carbonyl (C=O) groups excluding carboxylic acids is 2. The number of nitrogens with zero attached hydrogens (tertiary/aromatic N) is 1. The summed E-state index contributed by atoms with van der Waals surface area (Å²) >= 11 is 0. The van der Waals surface area contributed by atoms with Crippen molar-refractivity contribution in [2.24, 2.45) is 5.92 Å². The lowest BCUT2D eigenvalue weighted by Crippen LogP contribution is -2.44. The monoisotopic (exact) mass is 645 g/mol. The third-order valence-electron chi connectivity index (χ3n) is 8.60. The molecule has 45 heavy (non-hydrogen) atoms. The number of hydrogen-bond donors (Lipinski definition) is 1. The molecule has 252 valence electrons. The van der Waals surface area contributed by atoms with Crippen molar-refractivity contribution in [2.75, 3.05) is 11.4 Å². The number of rotatable bonds is 4. The molecule has 1 N–H and O–H groups in total. The topological polar surface area (TPSA) is 104 Å². The molecule has 2 aliphatic rings. The minimum Gasteiger partial charge on any atom is -0.543 e. The lowest BCUT2D eigenvalue weighted by atomic mass is 9.98. The number of aliphatic hydroxyl groups is 1. The fraction of sp³-hybridized carbons (Fsp3) is 0.657. The number of hydrogen-bond acceptors (Lipinski definition) is 8. The van der Waals surface area contributed by atoms with Gasteiger partial charge >= 0.3 is 12.1 Å². The van der Waals surface area contributed by atoms with Crippen molar-refractivity contribution in [3.8, 4) is 5.75 Å². The zero-order valence-electron chi connectivity index (χ0n) is 29.5. The molecule has 0 aromatic heterocycles. The molecule has 2 aliphatic heterocycles. The second kappa shape index (κ2) is 13.6. The second-order valence-electron chi connectivity index (χ2n) is 15.1. The van der Waals surface area contributed by atoms with Gasteiger partial charge in [-0.25, -0.2) is 9.59 Å². The van der Waals surface area contributed by atoms with Gasteiger partial charge in [-0.1, -0.05) is 52.0 Å². The molecule has 1 aromatic carbocycles. The van der Waals surface area contributed by atoms with E-state index in [9.17, 15) is 14.7 Å². The fourth-order valence-corrected chi connectivity index (χ4v) is 5.94. The second-order valence-corrected chi connectivity index (χ2v) is 19.8. The van der Waals surface area contributed by atoms with Crippen LogP contribution in [0.4, 0.5) is 10.5 Å². The molecule has 0 radical (unpaired) electrons. The van der Waals surface area contributed by atoms with Crippen LogP contribution in [-0.4, -0.2) is 67.8 Å². The Hall–Kier alpha value is -2.66. The normalized spacial score (nSPS) is 25.9. The quantitative estimate of drug-likeness (QED) is 0.201. The lowest BCUT2D eigenvalue weighted by molar-refractivity contribution is -0.152. The highest BCUT2D eigenvalue weighted by Crippen LogP contribution is 2.41. The Morgan fingerprint density at radius 1 is 1.09 bits per heavy atom. The summed E-state index contributed by atoms with van der Waals surface area (Å²) in [6.45, 7) is 25.7. The van der Waals surface area contributed by atoms with E-state index in [2.05, 4.69) is 33.9 Å². The van der Waals surface area contributed by atoms with Crippen LogP contribution in [0.3, 0.4) is 0 Å². The predicted octanol–water partition coefficient (Wildman–Crippen LogP) is 7.87. The fourth-order valence-electron chi connectivity index (χ4n) is 4.92. The molecule has 9 nitrogen and oxygen atoms in total. The maximum atomic E-state index is 14.0. The molecular formula is C35H55NO8Si. The molecular weight excluding hydrogens is 590 g/mol. The number of anilines is 1. The van der Waals surface area contributed by atoms with Crippen molar-refractivity contribution < 1.29 is 38.1 Å². The van der Waals surface area contributed by atoms with Gasteiger partial charge in [-0.3, -0.25) is 4.90 Å². The Labute approximate surface area is 271 Å². The van der Waals surface area contributed by atoms with Crippen LogP contribution in [0.15, 0.2) is 30.4 Å². The first-order valence-corrected chi connectivity index (χ1v) is 18.9. The van der Waals surface area contributed by atoms with Gasteiger partial charge in [0.2, 0.25) is 0 Å². The number of ether oxygens (including phenoxy) is 4. The highest BCUT2D eigenvalue weighted by Gasteiger charge is 2.44. The van der Waals surface area contributed by atoms with E-state index in [1.807, 2.05) is 73.6 Å². The first kappa shape index (κ1) is 36.8. The summed E-state index contributed by atoms with van der Waals surface area (Å²) in [4.78, 5) is 28.9. The summed E-state index contributed by atoms with van der Waals surface area (Å²) in [5.41, 5.74) is 0.677. The molecule has 0 saturated carbocycles. The van der Waals surface area contributed by atoms with Crippen molar-refractivity contribution in [1.82, 2.24) is 0 Å². The molecule has 2 heterocycles. The standard InChI is InChI=1S/C35H55NO8Si/c1-14-36(32(39)43-33(4,5)6)25-20-24-16-15-17-27-30(42-35(10,11)41-27)26(37)19-18-22(2)23(3)40-31(38)29(24)28(21-25)44-45(12,13)34(7,8)9/h15-16,18-23,26-27,30,37H,14,17H2,1-13H3/t22-,23+,26?,27+,30-/m1/s1. The molecule has 1 fully saturated rings. The van der Waals surface area contributed by atoms with Crippen LogP contribution >= 0.6 is 0 Å². The number of benzene rings is 1. The Morgan fingerprint density at radius 2 is 1.73 bits per heavy atom. The Bertz CT molecular complexity index is 1290. The number of fused-ring (bicyclic) bond motifs is 2. The van der Waals surface area contributed by atoms with Gasteiger partial charge in [0.25, 0.3) is 8.32 Å². The third kappa shape index (κ3) is 9.21. The highest BCUT2D eigenvalue weighted by atomic mass is 28.4. The van der Waals surface area contributed by atoms with E-state index in [4.69, 9.17) is 23.4 Å². The van der Waals surface area contributed by atoms with Crippen LogP contribution in [0.1, 0.15) is 98.5 Å². The van der Waals surface area contributed by atoms with Gasteiger partial charge in [-0.15, -0.1) is 0 Å². The molecule has 1 unspecified atom stereocenters. The molecule has 1 aromatic rings. The van der Waals surface area contributed by atoms with Crippen molar-refractivity contribution in [3.63, 3.8) is 0 Å². The first-order chi connectivity index (χ1) is 20.5. The van der Waals surface area contributed by atoms with E-state index in [0.717, 1.165) is 0 Å². The average molecular weight is 646 g/mol. The zero-order valence-corrected chi connectivity index (χ0v) is 30.5. The Kier molecular flexibility index (Phi) is 11.1. The third-order valence-corrected chi connectivity index (χ3v) is 12.9. The summed E-state index contributed by atoms with van der Waals surface area (Å²) in [7, 11) is -2.47. The smallest absolute Gasteiger partial charge is 0.414 e. The van der Waals surface area contributed by atoms with E-state index < -0.39 is 56.2 Å². The van der Waals surface area contributed by atoms with Crippen LogP contribution in [0, 0.1) is 5.92 Å². The molecule has 0 bridgehead atoms. The van der Waals surface area contributed by atoms with Gasteiger partial charge in [0.15, 0.2) is 5.79 Å². The van der Waals surface area contributed by atoms with Crippen LogP contribution in [0.5, 0.6) is 5.75 Å². The molecule has 0 aliphatic carbocycles. The number of esters is 1. The minimum absolute atomic E-state index is 0.165. The Balaban J connectivity index is 2.26. The largest absolute Gasteiger partial charge is 0.543 e. The lowest BCUT2D eigenvalue weighted by Gasteiger charge is -2.37. The van der Waals surface area contributed by atoms with E-state index in [0.29, 0.717) is 35.5 Å². The molecule has 3 rings (SSSR count). The van der Waals surface area contributed by atoms with E-state index in [-0.39, 0.29) is 11.0 Å². The Morgan fingerprint density at radius 3 is 2.31 bits per heavy atom. The summed E-state index contributed by atoms with van der Waals surface area (Å²) in [6, 6.07) is 3.54. The van der Waals surface area contributed by atoms with E-state index >= 15 is 0 Å². The average Bonchev–Trinajstić information content (AvgIpc) is 3.19. The SMILES string of the molecule is CCN(C(=O)OC(C)(C)C)c1cc2c(c(O[Si](C)(C)C(C)(C)C)c1)C(=O)O[C@@H](C)[C@H](C)C=CC(O)[C@H]1OC(C)(C)O[C@H]1CC=C2. The van der Waals surface area contributed by atoms with Crippen LogP contribution in [0.2, 0.25) is 18.1 Å². The van der Waals surface area contributed by atoms with Crippen LogP contribution < -0.4 is 9.33 Å². The molecule has 1 saturated heterocycles. The maximum absolute atomic E-state index is 14.0. The summed E-state index contributed by atoms with van der Waals surface area (Å²) in [5, 5.41) is 10.9.